The molecule has 2 aromatic rings. The Labute approximate surface area is 85.3 Å². The molecule has 0 bridgehead atoms. The maximum Gasteiger partial charge on any atom is 0.298 e. The number of hydrogen-bond donors (Lipinski definition) is 0. The summed E-state index contributed by atoms with van der Waals surface area (Å²) >= 11 is 5.94. The van der Waals surface area contributed by atoms with Crippen molar-refractivity contribution in [2.75, 3.05) is 0 Å². The fourth-order valence-corrected chi connectivity index (χ4v) is 1.44. The molecule has 0 saturated heterocycles. The maximum atomic E-state index is 10.1. The molecule has 3 nitrogen and oxygen atoms in total. The van der Waals surface area contributed by atoms with E-state index in [9.17, 15) is 4.79 Å². The standard InChI is InChI=1S/C10H6ClNO2/c11-9-3-4-12-10-5-7(14-6-13)1-2-8(9)10/h1-6H. The molecule has 0 radical (unpaired) electrons. The average Bonchev–Trinajstić information content (AvgIpc) is 2.18. The summed E-state index contributed by atoms with van der Waals surface area (Å²) in [5.74, 6) is 0.460. The first-order valence-electron chi connectivity index (χ1n) is 3.96. The van der Waals surface area contributed by atoms with Crippen LogP contribution in [0, 0.1) is 0 Å². The van der Waals surface area contributed by atoms with Gasteiger partial charge in [-0.05, 0) is 18.2 Å². The summed E-state index contributed by atoms with van der Waals surface area (Å²) < 4.78 is 4.69. The van der Waals surface area contributed by atoms with Crippen LogP contribution in [0.15, 0.2) is 30.5 Å². The topological polar surface area (TPSA) is 39.2 Å². The Morgan fingerprint density at radius 3 is 3.00 bits per heavy atom. The number of carbonyl (C=O) groups is 1. The Morgan fingerprint density at radius 1 is 1.36 bits per heavy atom. The van der Waals surface area contributed by atoms with E-state index in [0.29, 0.717) is 22.8 Å². The van der Waals surface area contributed by atoms with Gasteiger partial charge in [0.1, 0.15) is 5.75 Å². The van der Waals surface area contributed by atoms with Crippen LogP contribution in [0.25, 0.3) is 10.9 Å². The van der Waals surface area contributed by atoms with E-state index in [2.05, 4.69) is 4.98 Å². The van der Waals surface area contributed by atoms with Gasteiger partial charge < -0.3 is 4.74 Å². The largest absolute Gasteiger partial charge is 0.429 e. The van der Waals surface area contributed by atoms with E-state index in [1.54, 1.807) is 30.5 Å². The van der Waals surface area contributed by atoms with E-state index < -0.39 is 0 Å². The van der Waals surface area contributed by atoms with Gasteiger partial charge in [-0.1, -0.05) is 11.6 Å². The van der Waals surface area contributed by atoms with Crippen LogP contribution in [0.4, 0.5) is 0 Å². The molecule has 0 aliphatic carbocycles. The number of fused-ring (bicyclic) bond motifs is 1. The Bertz CT molecular complexity index is 485. The zero-order valence-corrected chi connectivity index (χ0v) is 7.86. The lowest BCUT2D eigenvalue weighted by Gasteiger charge is -2.01. The van der Waals surface area contributed by atoms with Gasteiger partial charge in [-0.3, -0.25) is 9.78 Å². The van der Waals surface area contributed by atoms with E-state index in [1.165, 1.54) is 0 Å². The molecule has 14 heavy (non-hydrogen) atoms. The Morgan fingerprint density at radius 2 is 2.21 bits per heavy atom. The number of halogens is 1. The van der Waals surface area contributed by atoms with Gasteiger partial charge in [0.2, 0.25) is 0 Å². The van der Waals surface area contributed by atoms with E-state index in [4.69, 9.17) is 16.3 Å². The minimum absolute atomic E-state index is 0.381. The molecule has 1 aromatic heterocycles. The highest BCUT2D eigenvalue weighted by molar-refractivity contribution is 6.35. The number of aromatic nitrogens is 1. The third-order valence-electron chi connectivity index (χ3n) is 1.85. The number of pyridine rings is 1. The lowest BCUT2D eigenvalue weighted by atomic mass is 10.2. The first-order valence-corrected chi connectivity index (χ1v) is 4.33. The second-order valence-electron chi connectivity index (χ2n) is 2.69. The van der Waals surface area contributed by atoms with E-state index >= 15 is 0 Å². The molecule has 0 aliphatic heterocycles. The molecule has 0 saturated carbocycles. The number of rotatable bonds is 2. The number of ether oxygens (including phenoxy) is 1. The van der Waals surface area contributed by atoms with Crippen molar-refractivity contribution in [3.63, 3.8) is 0 Å². The minimum atomic E-state index is 0.381. The predicted molar refractivity (Wildman–Crippen MR) is 53.4 cm³/mol. The highest BCUT2D eigenvalue weighted by atomic mass is 35.5. The molecular formula is C10H6ClNO2. The Kier molecular flexibility index (Phi) is 2.33. The summed E-state index contributed by atoms with van der Waals surface area (Å²) in [5.41, 5.74) is 0.705. The second kappa shape index (κ2) is 3.64. The average molecular weight is 208 g/mol. The molecule has 0 fully saturated rings. The van der Waals surface area contributed by atoms with Gasteiger partial charge in [0.05, 0.1) is 10.5 Å². The predicted octanol–water partition coefficient (Wildman–Crippen LogP) is 2.42. The fourth-order valence-electron chi connectivity index (χ4n) is 1.22. The molecule has 1 aromatic carbocycles. The lowest BCUT2D eigenvalue weighted by Crippen LogP contribution is -1.88. The number of hydrogen-bond acceptors (Lipinski definition) is 3. The van der Waals surface area contributed by atoms with Crippen LogP contribution >= 0.6 is 11.6 Å². The number of carbonyl (C=O) groups excluding carboxylic acids is 1. The zero-order chi connectivity index (χ0) is 9.97. The third kappa shape index (κ3) is 1.54. The van der Waals surface area contributed by atoms with Crippen molar-refractivity contribution in [2.45, 2.75) is 0 Å². The number of nitrogens with zero attached hydrogens (tertiary/aromatic N) is 1. The normalized spacial score (nSPS) is 10.1. The van der Waals surface area contributed by atoms with Crippen molar-refractivity contribution < 1.29 is 9.53 Å². The molecule has 2 rings (SSSR count). The van der Waals surface area contributed by atoms with Crippen molar-refractivity contribution in [3.05, 3.63) is 35.5 Å². The van der Waals surface area contributed by atoms with Crippen LogP contribution < -0.4 is 4.74 Å². The third-order valence-corrected chi connectivity index (χ3v) is 2.17. The first-order chi connectivity index (χ1) is 6.81. The summed E-state index contributed by atoms with van der Waals surface area (Å²) in [6, 6.07) is 6.81. The highest BCUT2D eigenvalue weighted by Gasteiger charge is 2.01. The summed E-state index contributed by atoms with van der Waals surface area (Å²) in [5, 5.41) is 1.47. The van der Waals surface area contributed by atoms with E-state index in [0.717, 1.165) is 5.39 Å². The Hall–Kier alpha value is -1.61. The Balaban J connectivity index is 2.61. The van der Waals surface area contributed by atoms with Crippen LogP contribution in [-0.4, -0.2) is 11.5 Å². The monoisotopic (exact) mass is 207 g/mol. The summed E-state index contributed by atoms with van der Waals surface area (Å²) in [6.45, 7) is 0.381. The van der Waals surface area contributed by atoms with Crippen molar-refractivity contribution >= 4 is 29.0 Å². The van der Waals surface area contributed by atoms with Gasteiger partial charge in [0.25, 0.3) is 6.47 Å². The van der Waals surface area contributed by atoms with Gasteiger partial charge in [-0.25, -0.2) is 0 Å². The quantitative estimate of drug-likeness (QED) is 0.710. The molecule has 0 unspecified atom stereocenters. The summed E-state index contributed by atoms with van der Waals surface area (Å²) in [6.07, 6.45) is 1.61. The van der Waals surface area contributed by atoms with Gasteiger partial charge in [-0.2, -0.15) is 0 Å². The molecule has 0 amide bonds. The molecule has 0 atom stereocenters. The molecule has 4 heteroatoms. The molecule has 0 aliphatic rings. The van der Waals surface area contributed by atoms with Gasteiger partial charge in [0.15, 0.2) is 0 Å². The molecule has 0 N–H and O–H groups in total. The molecule has 1 heterocycles. The molecule has 70 valence electrons. The smallest absolute Gasteiger partial charge is 0.298 e. The van der Waals surface area contributed by atoms with Crippen molar-refractivity contribution in [1.82, 2.24) is 4.98 Å². The van der Waals surface area contributed by atoms with Crippen molar-refractivity contribution in [1.29, 1.82) is 0 Å². The maximum absolute atomic E-state index is 10.1. The zero-order valence-electron chi connectivity index (χ0n) is 7.11. The second-order valence-corrected chi connectivity index (χ2v) is 3.09. The summed E-state index contributed by atoms with van der Waals surface area (Å²) in [4.78, 5) is 14.2. The lowest BCUT2D eigenvalue weighted by molar-refractivity contribution is -0.120. The van der Waals surface area contributed by atoms with Gasteiger partial charge in [0, 0.05) is 17.6 Å². The first kappa shape index (κ1) is 8.97. The molecular weight excluding hydrogens is 202 g/mol. The minimum Gasteiger partial charge on any atom is -0.429 e. The van der Waals surface area contributed by atoms with Crippen molar-refractivity contribution in [3.8, 4) is 5.75 Å². The van der Waals surface area contributed by atoms with Crippen molar-refractivity contribution in [2.24, 2.45) is 0 Å². The highest BCUT2D eigenvalue weighted by Crippen LogP contribution is 2.24. The van der Waals surface area contributed by atoms with Crippen LogP contribution in [0.3, 0.4) is 0 Å². The van der Waals surface area contributed by atoms with Crippen LogP contribution in [0.1, 0.15) is 0 Å². The molecule has 0 spiro atoms. The van der Waals surface area contributed by atoms with Crippen LogP contribution in [-0.2, 0) is 4.79 Å². The van der Waals surface area contributed by atoms with Gasteiger partial charge in [-0.15, -0.1) is 0 Å². The fraction of sp³-hybridized carbons (Fsp3) is 0. The van der Waals surface area contributed by atoms with E-state index in [1.807, 2.05) is 0 Å². The number of benzene rings is 1. The van der Waals surface area contributed by atoms with Crippen LogP contribution in [0.5, 0.6) is 5.75 Å². The van der Waals surface area contributed by atoms with Gasteiger partial charge >= 0.3 is 0 Å². The summed E-state index contributed by atoms with van der Waals surface area (Å²) in [7, 11) is 0. The van der Waals surface area contributed by atoms with Crippen LogP contribution in [0.2, 0.25) is 5.02 Å². The SMILES string of the molecule is O=COc1ccc2c(Cl)ccnc2c1. The van der Waals surface area contributed by atoms with E-state index in [-0.39, 0.29) is 0 Å².